The van der Waals surface area contributed by atoms with Gasteiger partial charge >= 0.3 is 5.97 Å². The van der Waals surface area contributed by atoms with Gasteiger partial charge in [-0.2, -0.15) is 0 Å². The van der Waals surface area contributed by atoms with E-state index >= 15 is 0 Å². The number of carbonyl (C=O) groups is 1. The lowest BCUT2D eigenvalue weighted by Gasteiger charge is -2.22. The van der Waals surface area contributed by atoms with Gasteiger partial charge in [-0.3, -0.25) is 0 Å². The average molecular weight is 310 g/mol. The van der Waals surface area contributed by atoms with Gasteiger partial charge in [-0.1, -0.05) is 41.4 Å². The van der Waals surface area contributed by atoms with Crippen molar-refractivity contribution in [1.82, 2.24) is 0 Å². The van der Waals surface area contributed by atoms with Crippen LogP contribution in [0.15, 0.2) is 42.5 Å². The highest BCUT2D eigenvalue weighted by Gasteiger charge is 2.16. The van der Waals surface area contributed by atoms with Crippen LogP contribution < -0.4 is 4.90 Å². The van der Waals surface area contributed by atoms with E-state index in [0.717, 1.165) is 5.56 Å². The normalized spacial score (nSPS) is 10.3. The van der Waals surface area contributed by atoms with Crippen LogP contribution >= 0.6 is 23.2 Å². The molecule has 0 aliphatic heterocycles. The number of hydrogen-bond donors (Lipinski definition) is 1. The molecule has 0 atom stereocenters. The summed E-state index contributed by atoms with van der Waals surface area (Å²) in [4.78, 5) is 13.1. The fourth-order valence-electron chi connectivity index (χ4n) is 2.02. The number of nitrogens with zero attached hydrogens (tertiary/aromatic N) is 1. The fraction of sp³-hybridized carbons (Fsp3) is 0.133. The van der Waals surface area contributed by atoms with Crippen LogP contribution in [0.1, 0.15) is 15.9 Å². The van der Waals surface area contributed by atoms with E-state index < -0.39 is 5.97 Å². The summed E-state index contributed by atoms with van der Waals surface area (Å²) in [6.07, 6.45) is 0. The van der Waals surface area contributed by atoms with E-state index in [1.165, 1.54) is 0 Å². The molecular formula is C15H13Cl2NO2. The molecule has 0 unspecified atom stereocenters. The standard InChI is InChI=1S/C15H13Cl2NO2/c1-18(9-10-5-7-11(16)8-6-10)14-12(15(19)20)3-2-4-13(14)17/h2-8H,9H2,1H3,(H,19,20). The number of carboxylic acids is 1. The zero-order valence-electron chi connectivity index (χ0n) is 10.8. The number of benzene rings is 2. The lowest BCUT2D eigenvalue weighted by atomic mass is 10.1. The average Bonchev–Trinajstić information content (AvgIpc) is 2.40. The molecule has 0 aliphatic rings. The first kappa shape index (κ1) is 14.7. The number of anilines is 1. The van der Waals surface area contributed by atoms with E-state index in [0.29, 0.717) is 22.3 Å². The third kappa shape index (κ3) is 3.24. The Morgan fingerprint density at radius 1 is 1.15 bits per heavy atom. The third-order valence-electron chi connectivity index (χ3n) is 2.93. The predicted molar refractivity (Wildman–Crippen MR) is 82.0 cm³/mol. The quantitative estimate of drug-likeness (QED) is 0.914. The Kier molecular flexibility index (Phi) is 4.53. The number of carboxylic acid groups (broad SMARTS) is 1. The van der Waals surface area contributed by atoms with Crippen molar-refractivity contribution in [2.24, 2.45) is 0 Å². The first-order valence-corrected chi connectivity index (χ1v) is 6.72. The van der Waals surface area contributed by atoms with Crippen LogP contribution in [-0.4, -0.2) is 18.1 Å². The third-order valence-corrected chi connectivity index (χ3v) is 3.49. The van der Waals surface area contributed by atoms with Gasteiger partial charge in [-0.05, 0) is 29.8 Å². The highest BCUT2D eigenvalue weighted by Crippen LogP contribution is 2.30. The largest absolute Gasteiger partial charge is 0.478 e. The summed E-state index contributed by atoms with van der Waals surface area (Å²) in [6, 6.07) is 12.3. The summed E-state index contributed by atoms with van der Waals surface area (Å²) in [5, 5.41) is 10.3. The molecule has 0 amide bonds. The van der Waals surface area contributed by atoms with Crippen LogP contribution in [0.2, 0.25) is 10.0 Å². The first-order valence-electron chi connectivity index (χ1n) is 5.96. The maximum Gasteiger partial charge on any atom is 0.337 e. The highest BCUT2D eigenvalue weighted by molar-refractivity contribution is 6.34. The van der Waals surface area contributed by atoms with Crippen molar-refractivity contribution < 1.29 is 9.90 Å². The lowest BCUT2D eigenvalue weighted by molar-refractivity contribution is 0.0697. The van der Waals surface area contributed by atoms with Crippen molar-refractivity contribution in [3.63, 3.8) is 0 Å². The van der Waals surface area contributed by atoms with E-state index in [1.54, 1.807) is 30.3 Å². The van der Waals surface area contributed by atoms with Gasteiger partial charge in [0.05, 0.1) is 16.3 Å². The Morgan fingerprint density at radius 3 is 2.40 bits per heavy atom. The van der Waals surface area contributed by atoms with Gasteiger partial charge in [0.2, 0.25) is 0 Å². The molecule has 20 heavy (non-hydrogen) atoms. The van der Waals surface area contributed by atoms with Gasteiger partial charge in [0, 0.05) is 18.6 Å². The van der Waals surface area contributed by atoms with Crippen molar-refractivity contribution in [2.45, 2.75) is 6.54 Å². The number of halogens is 2. The number of aromatic carboxylic acids is 1. The molecule has 0 aromatic heterocycles. The molecule has 0 saturated carbocycles. The Bertz CT molecular complexity index is 626. The molecular weight excluding hydrogens is 297 g/mol. The minimum absolute atomic E-state index is 0.189. The smallest absolute Gasteiger partial charge is 0.337 e. The molecule has 5 heteroatoms. The molecule has 0 heterocycles. The molecule has 0 bridgehead atoms. The second-order valence-electron chi connectivity index (χ2n) is 4.42. The number of rotatable bonds is 4. The number of para-hydroxylation sites is 1. The van der Waals surface area contributed by atoms with Crippen molar-refractivity contribution in [3.8, 4) is 0 Å². The summed E-state index contributed by atoms with van der Waals surface area (Å²) in [5.41, 5.74) is 1.72. The molecule has 0 saturated heterocycles. The topological polar surface area (TPSA) is 40.5 Å². The Balaban J connectivity index is 2.31. The van der Waals surface area contributed by atoms with E-state index in [9.17, 15) is 9.90 Å². The summed E-state index contributed by atoms with van der Waals surface area (Å²) >= 11 is 12.0. The van der Waals surface area contributed by atoms with E-state index in [2.05, 4.69) is 0 Å². The molecule has 2 aromatic rings. The zero-order valence-corrected chi connectivity index (χ0v) is 12.3. The molecule has 0 aliphatic carbocycles. The van der Waals surface area contributed by atoms with Crippen molar-refractivity contribution in [3.05, 3.63) is 63.6 Å². The molecule has 0 radical (unpaired) electrons. The summed E-state index contributed by atoms with van der Waals surface area (Å²) in [5.74, 6) is -0.995. The number of hydrogen-bond acceptors (Lipinski definition) is 2. The minimum Gasteiger partial charge on any atom is -0.478 e. The molecule has 2 rings (SSSR count). The summed E-state index contributed by atoms with van der Waals surface area (Å²) in [7, 11) is 1.81. The van der Waals surface area contributed by atoms with Gasteiger partial charge in [-0.15, -0.1) is 0 Å². The van der Waals surface area contributed by atoms with Crippen LogP contribution in [0.25, 0.3) is 0 Å². The summed E-state index contributed by atoms with van der Waals surface area (Å²) < 4.78 is 0. The Hall–Kier alpha value is -1.71. The SMILES string of the molecule is CN(Cc1ccc(Cl)cc1)c1c(Cl)cccc1C(=O)O. The summed E-state index contributed by atoms with van der Waals surface area (Å²) in [6.45, 7) is 0.543. The first-order chi connectivity index (χ1) is 9.49. The molecule has 2 aromatic carbocycles. The van der Waals surface area contributed by atoms with E-state index in [4.69, 9.17) is 23.2 Å². The molecule has 0 fully saturated rings. The van der Waals surface area contributed by atoms with Gasteiger partial charge in [-0.25, -0.2) is 4.79 Å². The second-order valence-corrected chi connectivity index (χ2v) is 5.27. The van der Waals surface area contributed by atoms with Gasteiger partial charge in [0.25, 0.3) is 0 Å². The zero-order chi connectivity index (χ0) is 14.7. The van der Waals surface area contributed by atoms with Crippen LogP contribution in [0.3, 0.4) is 0 Å². The Labute approximate surface area is 127 Å². The second kappa shape index (κ2) is 6.16. The van der Waals surface area contributed by atoms with Crippen LogP contribution in [0.5, 0.6) is 0 Å². The van der Waals surface area contributed by atoms with Crippen LogP contribution in [-0.2, 0) is 6.54 Å². The molecule has 3 nitrogen and oxygen atoms in total. The predicted octanol–water partition coefficient (Wildman–Crippen LogP) is 4.33. The van der Waals surface area contributed by atoms with Gasteiger partial charge in [0.1, 0.15) is 0 Å². The maximum atomic E-state index is 11.3. The monoisotopic (exact) mass is 309 g/mol. The fourth-order valence-corrected chi connectivity index (χ4v) is 2.46. The van der Waals surface area contributed by atoms with Crippen molar-refractivity contribution in [2.75, 3.05) is 11.9 Å². The highest BCUT2D eigenvalue weighted by atomic mass is 35.5. The van der Waals surface area contributed by atoms with Crippen molar-refractivity contribution >= 4 is 34.9 Å². The van der Waals surface area contributed by atoms with Crippen molar-refractivity contribution in [1.29, 1.82) is 0 Å². The maximum absolute atomic E-state index is 11.3. The van der Waals surface area contributed by atoms with E-state index in [1.807, 2.05) is 24.1 Å². The van der Waals surface area contributed by atoms with Gasteiger partial charge < -0.3 is 10.0 Å². The van der Waals surface area contributed by atoms with E-state index in [-0.39, 0.29) is 5.56 Å². The minimum atomic E-state index is -0.995. The van der Waals surface area contributed by atoms with Gasteiger partial charge in [0.15, 0.2) is 0 Å². The van der Waals surface area contributed by atoms with Crippen LogP contribution in [0.4, 0.5) is 5.69 Å². The molecule has 0 spiro atoms. The Morgan fingerprint density at radius 2 is 1.80 bits per heavy atom. The lowest BCUT2D eigenvalue weighted by Crippen LogP contribution is -2.19. The van der Waals surface area contributed by atoms with Crippen LogP contribution in [0, 0.1) is 0 Å². The molecule has 1 N–H and O–H groups in total. The molecule has 104 valence electrons.